The lowest BCUT2D eigenvalue weighted by Crippen LogP contribution is -2.37. The largest absolute Gasteiger partial charge is 0.492 e. The van der Waals surface area contributed by atoms with E-state index in [4.69, 9.17) is 4.74 Å². The number of hydrogen-bond donors (Lipinski definition) is 0. The van der Waals surface area contributed by atoms with E-state index in [1.165, 1.54) is 11.3 Å². The summed E-state index contributed by atoms with van der Waals surface area (Å²) in [6.07, 6.45) is 7.83. The molecule has 0 aliphatic carbocycles. The van der Waals surface area contributed by atoms with Gasteiger partial charge in [-0.1, -0.05) is 43.3 Å². The van der Waals surface area contributed by atoms with E-state index < -0.39 is 0 Å². The SMILES string of the molecule is CCc1cccc2c(/C=C3\SC(=O)N(CCOc4ccccc4)C3=O)cn(CC(=O)N3CCCCC3)c12. The van der Waals surface area contributed by atoms with Gasteiger partial charge in [-0.25, -0.2) is 0 Å². The first-order valence-electron chi connectivity index (χ1n) is 12.9. The minimum absolute atomic E-state index is 0.118. The fourth-order valence-electron chi connectivity index (χ4n) is 4.98. The van der Waals surface area contributed by atoms with Gasteiger partial charge in [0.2, 0.25) is 5.91 Å². The molecular weight excluding hydrogens is 486 g/mol. The van der Waals surface area contributed by atoms with Crippen molar-refractivity contribution in [2.75, 3.05) is 26.2 Å². The summed E-state index contributed by atoms with van der Waals surface area (Å²) in [6, 6.07) is 15.4. The standard InChI is InChI=1S/C29H31N3O4S/c1-2-21-10-9-13-24-22(19-31(27(21)24)20-26(33)30-14-7-4-8-15-30)18-25-28(34)32(29(35)37-25)16-17-36-23-11-5-3-6-12-23/h3,5-6,9-13,18-19H,2,4,7-8,14-17,20H2,1H3/b25-18-. The highest BCUT2D eigenvalue weighted by atomic mass is 32.2. The van der Waals surface area contributed by atoms with Gasteiger partial charge in [-0.05, 0) is 61.2 Å². The van der Waals surface area contributed by atoms with Gasteiger partial charge < -0.3 is 14.2 Å². The van der Waals surface area contributed by atoms with Gasteiger partial charge in [-0.2, -0.15) is 0 Å². The summed E-state index contributed by atoms with van der Waals surface area (Å²) < 4.78 is 7.69. The Hall–Kier alpha value is -3.52. The van der Waals surface area contributed by atoms with Crippen molar-refractivity contribution in [3.63, 3.8) is 0 Å². The van der Waals surface area contributed by atoms with Crippen molar-refractivity contribution < 1.29 is 19.1 Å². The first-order chi connectivity index (χ1) is 18.0. The number of para-hydroxylation sites is 2. The van der Waals surface area contributed by atoms with Crippen LogP contribution in [0.15, 0.2) is 59.6 Å². The number of aromatic nitrogens is 1. The summed E-state index contributed by atoms with van der Waals surface area (Å²) in [5.41, 5.74) is 3.00. The number of carbonyl (C=O) groups excluding carboxylic acids is 3. The van der Waals surface area contributed by atoms with E-state index in [2.05, 4.69) is 13.0 Å². The van der Waals surface area contributed by atoms with Crippen LogP contribution in [-0.4, -0.2) is 57.7 Å². The number of thioether (sulfide) groups is 1. The Morgan fingerprint density at radius 1 is 1.03 bits per heavy atom. The van der Waals surface area contributed by atoms with Crippen molar-refractivity contribution in [2.45, 2.75) is 39.2 Å². The molecule has 1 aromatic heterocycles. The van der Waals surface area contributed by atoms with Gasteiger partial charge in [0.05, 0.1) is 17.0 Å². The smallest absolute Gasteiger partial charge is 0.293 e. The Morgan fingerprint density at radius 3 is 2.57 bits per heavy atom. The van der Waals surface area contributed by atoms with Crippen LogP contribution >= 0.6 is 11.8 Å². The second-order valence-corrected chi connectivity index (χ2v) is 10.3. The normalized spacial score (nSPS) is 17.3. The van der Waals surface area contributed by atoms with Crippen molar-refractivity contribution in [1.82, 2.24) is 14.4 Å². The van der Waals surface area contributed by atoms with Gasteiger partial charge in [-0.3, -0.25) is 19.3 Å². The fourth-order valence-corrected chi connectivity index (χ4v) is 5.84. The predicted octanol–water partition coefficient (Wildman–Crippen LogP) is 5.33. The molecule has 2 aromatic carbocycles. The number of nitrogens with zero attached hydrogens (tertiary/aromatic N) is 3. The molecule has 2 fully saturated rings. The second-order valence-electron chi connectivity index (χ2n) is 9.32. The molecule has 0 spiro atoms. The second kappa shape index (κ2) is 11.3. The van der Waals surface area contributed by atoms with E-state index in [9.17, 15) is 14.4 Å². The zero-order chi connectivity index (χ0) is 25.8. The van der Waals surface area contributed by atoms with Crippen molar-refractivity contribution >= 4 is 45.8 Å². The third kappa shape index (κ3) is 5.44. The summed E-state index contributed by atoms with van der Waals surface area (Å²) >= 11 is 0.946. The molecule has 2 aliphatic heterocycles. The Labute approximate surface area is 221 Å². The molecule has 0 saturated carbocycles. The van der Waals surface area contributed by atoms with Gasteiger partial charge in [-0.15, -0.1) is 0 Å². The molecule has 2 saturated heterocycles. The number of ether oxygens (including phenoxy) is 1. The molecule has 0 atom stereocenters. The molecule has 0 unspecified atom stereocenters. The van der Waals surface area contributed by atoms with Gasteiger partial charge in [0.25, 0.3) is 11.1 Å². The zero-order valence-electron chi connectivity index (χ0n) is 21.0. The number of rotatable bonds is 8. The minimum atomic E-state index is -0.316. The highest BCUT2D eigenvalue weighted by molar-refractivity contribution is 8.18. The molecule has 37 heavy (non-hydrogen) atoms. The van der Waals surface area contributed by atoms with Gasteiger partial charge in [0, 0.05) is 30.2 Å². The molecule has 7 nitrogen and oxygen atoms in total. The number of imide groups is 1. The van der Waals surface area contributed by atoms with Crippen LogP contribution in [0, 0.1) is 0 Å². The first-order valence-corrected chi connectivity index (χ1v) is 13.7. The van der Waals surface area contributed by atoms with E-state index in [1.54, 1.807) is 6.08 Å². The average molecular weight is 518 g/mol. The van der Waals surface area contributed by atoms with Crippen LogP contribution in [0.5, 0.6) is 5.75 Å². The summed E-state index contributed by atoms with van der Waals surface area (Å²) in [5.74, 6) is 0.500. The van der Waals surface area contributed by atoms with Crippen molar-refractivity contribution in [2.24, 2.45) is 0 Å². The van der Waals surface area contributed by atoms with Crippen LogP contribution < -0.4 is 4.74 Å². The van der Waals surface area contributed by atoms with E-state index in [0.717, 1.165) is 66.1 Å². The van der Waals surface area contributed by atoms with Crippen LogP contribution in [0.4, 0.5) is 4.79 Å². The molecule has 0 radical (unpaired) electrons. The summed E-state index contributed by atoms with van der Waals surface area (Å²) in [7, 11) is 0. The molecule has 3 heterocycles. The maximum Gasteiger partial charge on any atom is 0.293 e. The Balaban J connectivity index is 1.37. The van der Waals surface area contributed by atoms with Crippen LogP contribution in [-0.2, 0) is 22.6 Å². The Kier molecular flexibility index (Phi) is 7.65. The van der Waals surface area contributed by atoms with E-state index in [-0.39, 0.29) is 36.7 Å². The summed E-state index contributed by atoms with van der Waals surface area (Å²) in [5, 5.41) is 0.677. The lowest BCUT2D eigenvalue weighted by atomic mass is 10.1. The molecule has 2 aliphatic rings. The molecular formula is C29H31N3O4S. The maximum absolute atomic E-state index is 13.1. The number of amides is 3. The molecule has 8 heteroatoms. The average Bonchev–Trinajstić information content (AvgIpc) is 3.41. The lowest BCUT2D eigenvalue weighted by molar-refractivity contribution is -0.132. The number of aryl methyl sites for hydroxylation is 1. The summed E-state index contributed by atoms with van der Waals surface area (Å²) in [4.78, 5) is 42.4. The zero-order valence-corrected chi connectivity index (χ0v) is 21.8. The summed E-state index contributed by atoms with van der Waals surface area (Å²) in [6.45, 7) is 4.40. The monoisotopic (exact) mass is 517 g/mol. The fraction of sp³-hybridized carbons (Fsp3) is 0.345. The van der Waals surface area contributed by atoms with E-state index in [0.29, 0.717) is 10.7 Å². The molecule has 192 valence electrons. The molecule has 3 aromatic rings. The Morgan fingerprint density at radius 2 is 1.81 bits per heavy atom. The number of hydrogen-bond acceptors (Lipinski definition) is 5. The number of likely N-dealkylation sites (tertiary alicyclic amines) is 1. The highest BCUT2D eigenvalue weighted by Gasteiger charge is 2.35. The minimum Gasteiger partial charge on any atom is -0.492 e. The van der Waals surface area contributed by atoms with Crippen molar-refractivity contribution in [3.05, 3.63) is 70.8 Å². The van der Waals surface area contributed by atoms with Crippen LogP contribution in [0.3, 0.4) is 0 Å². The van der Waals surface area contributed by atoms with Crippen LogP contribution in [0.2, 0.25) is 0 Å². The highest BCUT2D eigenvalue weighted by Crippen LogP contribution is 2.35. The molecule has 5 rings (SSSR count). The van der Waals surface area contributed by atoms with Crippen molar-refractivity contribution in [3.8, 4) is 5.75 Å². The van der Waals surface area contributed by atoms with Crippen LogP contribution in [0.25, 0.3) is 17.0 Å². The van der Waals surface area contributed by atoms with E-state index >= 15 is 0 Å². The number of fused-ring (bicyclic) bond motifs is 1. The Bertz CT molecular complexity index is 1340. The van der Waals surface area contributed by atoms with Gasteiger partial charge in [0.15, 0.2) is 0 Å². The predicted molar refractivity (Wildman–Crippen MR) is 146 cm³/mol. The maximum atomic E-state index is 13.1. The molecule has 0 N–H and O–H groups in total. The lowest BCUT2D eigenvalue weighted by Gasteiger charge is -2.27. The van der Waals surface area contributed by atoms with Gasteiger partial charge in [0.1, 0.15) is 18.9 Å². The topological polar surface area (TPSA) is 71.8 Å². The first kappa shape index (κ1) is 25.1. The third-order valence-electron chi connectivity index (χ3n) is 6.90. The van der Waals surface area contributed by atoms with Crippen molar-refractivity contribution in [1.29, 1.82) is 0 Å². The molecule has 0 bridgehead atoms. The number of piperidine rings is 1. The quantitative estimate of drug-likeness (QED) is 0.378. The van der Waals surface area contributed by atoms with E-state index in [1.807, 2.05) is 58.1 Å². The van der Waals surface area contributed by atoms with Gasteiger partial charge >= 0.3 is 0 Å². The number of carbonyl (C=O) groups is 3. The molecule has 3 amide bonds. The number of benzene rings is 2. The van der Waals surface area contributed by atoms with Crippen LogP contribution in [0.1, 0.15) is 37.3 Å². The third-order valence-corrected chi connectivity index (χ3v) is 7.80.